The molecule has 0 atom stereocenters. The molecule has 2 aromatic rings. The Labute approximate surface area is 94.1 Å². The maximum Gasteiger partial charge on any atom is 0.184 e. The van der Waals surface area contributed by atoms with Crippen LogP contribution < -0.4 is 0 Å². The minimum atomic E-state index is 0.794. The second-order valence-electron chi connectivity index (χ2n) is 1.97. The Balaban J connectivity index is 2.43. The van der Waals surface area contributed by atoms with E-state index in [0.29, 0.717) is 0 Å². The van der Waals surface area contributed by atoms with Crippen molar-refractivity contribution < 1.29 is 0 Å². The topological polar surface area (TPSA) is 25.8 Å². The smallest absolute Gasteiger partial charge is 0.184 e. The van der Waals surface area contributed by atoms with Crippen LogP contribution in [0, 0.1) is 0 Å². The van der Waals surface area contributed by atoms with Crippen molar-refractivity contribution in [1.82, 2.24) is 9.36 Å². The van der Waals surface area contributed by atoms with Gasteiger partial charge in [-0.25, -0.2) is 4.98 Å². The standard InChI is InChI=1S/C6H2Br2N2S2/c7-4-2-1-3(11-4)5-9-6(8)12-10-5/h1-2H. The van der Waals surface area contributed by atoms with E-state index in [-0.39, 0.29) is 0 Å². The van der Waals surface area contributed by atoms with Crippen molar-refractivity contribution in [2.75, 3.05) is 0 Å². The molecule has 0 saturated carbocycles. The number of thiophene rings is 1. The van der Waals surface area contributed by atoms with E-state index in [0.717, 1.165) is 18.4 Å². The zero-order chi connectivity index (χ0) is 8.55. The van der Waals surface area contributed by atoms with Gasteiger partial charge in [-0.2, -0.15) is 4.37 Å². The highest BCUT2D eigenvalue weighted by molar-refractivity contribution is 9.11. The Bertz CT molecular complexity index is 357. The highest BCUT2D eigenvalue weighted by Crippen LogP contribution is 2.30. The molecule has 0 amide bonds. The lowest BCUT2D eigenvalue weighted by molar-refractivity contribution is 1.32. The minimum Gasteiger partial charge on any atom is -0.207 e. The van der Waals surface area contributed by atoms with E-state index < -0.39 is 0 Å². The molecule has 62 valence electrons. The van der Waals surface area contributed by atoms with Gasteiger partial charge in [0.15, 0.2) is 9.74 Å². The van der Waals surface area contributed by atoms with Crippen LogP contribution in [0.4, 0.5) is 0 Å². The molecule has 0 aromatic carbocycles. The Kier molecular flexibility index (Phi) is 2.59. The first-order chi connectivity index (χ1) is 5.75. The third-order valence-electron chi connectivity index (χ3n) is 1.19. The van der Waals surface area contributed by atoms with Gasteiger partial charge in [0.1, 0.15) is 0 Å². The van der Waals surface area contributed by atoms with E-state index >= 15 is 0 Å². The van der Waals surface area contributed by atoms with Crippen molar-refractivity contribution in [1.29, 1.82) is 0 Å². The molecule has 0 saturated heterocycles. The zero-order valence-corrected chi connectivity index (χ0v) is 10.4. The van der Waals surface area contributed by atoms with Crippen LogP contribution in [0.15, 0.2) is 19.8 Å². The fourth-order valence-electron chi connectivity index (χ4n) is 0.740. The number of rotatable bonds is 1. The van der Waals surface area contributed by atoms with E-state index in [1.807, 2.05) is 12.1 Å². The van der Waals surface area contributed by atoms with Gasteiger partial charge in [0.05, 0.1) is 8.66 Å². The summed E-state index contributed by atoms with van der Waals surface area (Å²) in [6.45, 7) is 0. The SMILES string of the molecule is Brc1ccc(-c2nsc(Br)n2)s1. The summed E-state index contributed by atoms with van der Waals surface area (Å²) in [6.07, 6.45) is 0. The fraction of sp³-hybridized carbons (Fsp3) is 0. The van der Waals surface area contributed by atoms with Crippen molar-refractivity contribution in [2.24, 2.45) is 0 Å². The molecule has 12 heavy (non-hydrogen) atoms. The number of hydrogen-bond donors (Lipinski definition) is 0. The van der Waals surface area contributed by atoms with Gasteiger partial charge in [-0.3, -0.25) is 0 Å². The van der Waals surface area contributed by atoms with Crippen molar-refractivity contribution in [3.8, 4) is 10.7 Å². The van der Waals surface area contributed by atoms with Crippen LogP contribution in [0.25, 0.3) is 10.7 Å². The number of hydrogen-bond acceptors (Lipinski definition) is 4. The summed E-state index contributed by atoms with van der Waals surface area (Å²) in [4.78, 5) is 5.29. The van der Waals surface area contributed by atoms with E-state index in [2.05, 4.69) is 41.2 Å². The number of aromatic nitrogens is 2. The van der Waals surface area contributed by atoms with Crippen molar-refractivity contribution in [3.05, 3.63) is 19.8 Å². The first-order valence-corrected chi connectivity index (χ1v) is 6.18. The van der Waals surface area contributed by atoms with Crippen LogP contribution in [0.2, 0.25) is 0 Å². The molecule has 0 spiro atoms. The highest BCUT2D eigenvalue weighted by Gasteiger charge is 2.06. The Morgan fingerprint density at radius 2 is 2.08 bits per heavy atom. The predicted octanol–water partition coefficient (Wildman–Crippen LogP) is 3.79. The number of halogens is 2. The molecule has 0 unspecified atom stereocenters. The van der Waals surface area contributed by atoms with Gasteiger partial charge in [0.25, 0.3) is 0 Å². The van der Waals surface area contributed by atoms with Crippen LogP contribution >= 0.6 is 54.7 Å². The summed E-state index contributed by atoms with van der Waals surface area (Å²) in [5, 5.41) is 0. The van der Waals surface area contributed by atoms with Gasteiger partial charge >= 0.3 is 0 Å². The summed E-state index contributed by atoms with van der Waals surface area (Å²) < 4.78 is 6.09. The maximum absolute atomic E-state index is 4.21. The average Bonchev–Trinajstić information content (AvgIpc) is 2.58. The molecule has 0 radical (unpaired) electrons. The third kappa shape index (κ3) is 1.76. The molecule has 0 aliphatic rings. The first kappa shape index (κ1) is 8.80. The molecule has 2 heterocycles. The van der Waals surface area contributed by atoms with Crippen molar-refractivity contribution in [3.63, 3.8) is 0 Å². The summed E-state index contributed by atoms with van der Waals surface area (Å²) >= 11 is 9.65. The lowest BCUT2D eigenvalue weighted by Crippen LogP contribution is -1.71. The summed E-state index contributed by atoms with van der Waals surface area (Å²) in [5.74, 6) is 0.794. The number of nitrogens with zero attached hydrogens (tertiary/aromatic N) is 2. The minimum absolute atomic E-state index is 0.794. The van der Waals surface area contributed by atoms with Gasteiger partial charge < -0.3 is 0 Å². The van der Waals surface area contributed by atoms with Crippen LogP contribution in [0.3, 0.4) is 0 Å². The molecule has 0 aliphatic heterocycles. The average molecular weight is 326 g/mol. The predicted molar refractivity (Wildman–Crippen MR) is 58.6 cm³/mol. The molecule has 0 N–H and O–H groups in total. The Hall–Kier alpha value is 0.220. The van der Waals surface area contributed by atoms with Gasteiger partial charge in [-0.05, 0) is 55.5 Å². The summed E-state index contributed by atoms with van der Waals surface area (Å²) in [5.41, 5.74) is 0. The summed E-state index contributed by atoms with van der Waals surface area (Å²) in [7, 11) is 0. The van der Waals surface area contributed by atoms with Crippen LogP contribution in [0.5, 0.6) is 0 Å². The lowest BCUT2D eigenvalue weighted by Gasteiger charge is -1.83. The molecule has 2 aromatic heterocycles. The monoisotopic (exact) mass is 324 g/mol. The normalized spacial score (nSPS) is 10.5. The summed E-state index contributed by atoms with van der Waals surface area (Å²) in [6, 6.07) is 4.00. The molecular formula is C6H2Br2N2S2. The van der Waals surface area contributed by atoms with E-state index in [9.17, 15) is 0 Å². The largest absolute Gasteiger partial charge is 0.207 e. The molecule has 0 fully saturated rings. The molecule has 6 heteroatoms. The Morgan fingerprint density at radius 3 is 2.58 bits per heavy atom. The zero-order valence-electron chi connectivity index (χ0n) is 5.62. The second kappa shape index (κ2) is 3.53. The Morgan fingerprint density at radius 1 is 1.25 bits per heavy atom. The third-order valence-corrected chi connectivity index (χ3v) is 3.93. The second-order valence-corrected chi connectivity index (χ2v) is 6.47. The highest BCUT2D eigenvalue weighted by atomic mass is 79.9. The quantitative estimate of drug-likeness (QED) is 0.797. The van der Waals surface area contributed by atoms with Gasteiger partial charge in [-0.1, -0.05) is 0 Å². The molecular weight excluding hydrogens is 324 g/mol. The van der Waals surface area contributed by atoms with E-state index in [1.54, 1.807) is 11.3 Å². The van der Waals surface area contributed by atoms with Gasteiger partial charge in [0, 0.05) is 0 Å². The van der Waals surface area contributed by atoms with Crippen LogP contribution in [-0.4, -0.2) is 9.36 Å². The molecule has 2 nitrogen and oxygen atoms in total. The fourth-order valence-corrected chi connectivity index (χ4v) is 2.93. The maximum atomic E-state index is 4.21. The molecule has 2 rings (SSSR count). The molecule has 0 aliphatic carbocycles. The molecule has 0 bridgehead atoms. The first-order valence-electron chi connectivity index (χ1n) is 3.00. The van der Waals surface area contributed by atoms with Crippen molar-refractivity contribution >= 4 is 54.7 Å². The lowest BCUT2D eigenvalue weighted by atomic mass is 10.5. The van der Waals surface area contributed by atoms with Gasteiger partial charge in [-0.15, -0.1) is 11.3 Å². The van der Waals surface area contributed by atoms with E-state index in [1.165, 1.54) is 11.5 Å². The van der Waals surface area contributed by atoms with Gasteiger partial charge in [0.2, 0.25) is 0 Å². The van der Waals surface area contributed by atoms with E-state index in [4.69, 9.17) is 0 Å². The van der Waals surface area contributed by atoms with Crippen LogP contribution in [0.1, 0.15) is 0 Å². The van der Waals surface area contributed by atoms with Crippen molar-refractivity contribution in [2.45, 2.75) is 0 Å². The van der Waals surface area contributed by atoms with Crippen LogP contribution in [-0.2, 0) is 0 Å².